The third kappa shape index (κ3) is 5.42. The molecule has 0 bridgehead atoms. The Morgan fingerprint density at radius 1 is 1.42 bits per heavy atom. The fourth-order valence-corrected chi connectivity index (χ4v) is 3.13. The van der Waals surface area contributed by atoms with Crippen LogP contribution in [0.2, 0.25) is 0 Å². The first-order chi connectivity index (χ1) is 12.5. The van der Waals surface area contributed by atoms with Crippen molar-refractivity contribution < 1.29 is 18.7 Å². The lowest BCUT2D eigenvalue weighted by molar-refractivity contribution is -0.0963. The standard InChI is InChI=1S/C20H31FN2O3/c1-4-5-6-16-12-23(13-19(26-16)14(2)3)20(24)17-11-15(21)7-8-18(17)25-10-9-22/h7-8,11,14,16,19H,4-6,9-10,12-13,22H2,1-3H3/t16-,19-/m1/s1. The topological polar surface area (TPSA) is 64.8 Å². The minimum Gasteiger partial charge on any atom is -0.491 e. The molecule has 1 aliphatic heterocycles. The number of ether oxygens (including phenoxy) is 2. The van der Waals surface area contributed by atoms with Crippen molar-refractivity contribution in [2.45, 2.75) is 52.2 Å². The van der Waals surface area contributed by atoms with Crippen LogP contribution in [-0.4, -0.2) is 49.3 Å². The minimum absolute atomic E-state index is 0.0158. The lowest BCUT2D eigenvalue weighted by atomic mass is 10.0. The zero-order valence-corrected chi connectivity index (χ0v) is 16.0. The van der Waals surface area contributed by atoms with Crippen molar-refractivity contribution in [3.8, 4) is 5.75 Å². The first-order valence-electron chi connectivity index (χ1n) is 9.53. The van der Waals surface area contributed by atoms with Gasteiger partial charge in [-0.05, 0) is 30.5 Å². The number of unbranched alkanes of at least 4 members (excludes halogenated alkanes) is 1. The molecule has 0 aromatic heterocycles. The normalized spacial score (nSPS) is 20.5. The maximum atomic E-state index is 13.8. The van der Waals surface area contributed by atoms with E-state index in [9.17, 15) is 9.18 Å². The lowest BCUT2D eigenvalue weighted by Gasteiger charge is -2.40. The summed E-state index contributed by atoms with van der Waals surface area (Å²) in [5.74, 6) is 0.00589. The number of halogens is 1. The molecule has 26 heavy (non-hydrogen) atoms. The van der Waals surface area contributed by atoms with Crippen LogP contribution in [0.25, 0.3) is 0 Å². The van der Waals surface area contributed by atoms with E-state index in [1.807, 2.05) is 0 Å². The summed E-state index contributed by atoms with van der Waals surface area (Å²) in [6, 6.07) is 4.03. The molecule has 1 aliphatic rings. The van der Waals surface area contributed by atoms with Gasteiger partial charge in [-0.3, -0.25) is 4.79 Å². The predicted molar refractivity (Wildman–Crippen MR) is 99.9 cm³/mol. The number of rotatable bonds is 8. The molecule has 1 fully saturated rings. The van der Waals surface area contributed by atoms with Gasteiger partial charge in [0.25, 0.3) is 5.91 Å². The van der Waals surface area contributed by atoms with Crippen LogP contribution in [0.4, 0.5) is 4.39 Å². The van der Waals surface area contributed by atoms with E-state index in [4.69, 9.17) is 15.2 Å². The number of nitrogens with zero attached hydrogens (tertiary/aromatic N) is 1. The predicted octanol–water partition coefficient (Wildman–Crippen LogP) is 3.22. The third-order valence-electron chi connectivity index (χ3n) is 4.65. The molecule has 1 saturated heterocycles. The number of hydrogen-bond donors (Lipinski definition) is 1. The van der Waals surface area contributed by atoms with Gasteiger partial charge < -0.3 is 20.1 Å². The highest BCUT2D eigenvalue weighted by molar-refractivity contribution is 5.97. The Bertz CT molecular complexity index is 594. The molecule has 1 heterocycles. The minimum atomic E-state index is -0.454. The molecule has 146 valence electrons. The maximum Gasteiger partial charge on any atom is 0.257 e. The number of carbonyl (C=O) groups is 1. The van der Waals surface area contributed by atoms with Crippen molar-refractivity contribution in [1.29, 1.82) is 0 Å². The molecule has 1 aromatic carbocycles. The maximum absolute atomic E-state index is 13.8. The summed E-state index contributed by atoms with van der Waals surface area (Å²) < 4.78 is 25.5. The highest BCUT2D eigenvalue weighted by Gasteiger charge is 2.33. The van der Waals surface area contributed by atoms with Crippen LogP contribution in [0.5, 0.6) is 5.75 Å². The van der Waals surface area contributed by atoms with Gasteiger partial charge in [-0.15, -0.1) is 0 Å². The summed E-state index contributed by atoms with van der Waals surface area (Å²) >= 11 is 0. The fourth-order valence-electron chi connectivity index (χ4n) is 3.13. The molecule has 0 radical (unpaired) electrons. The molecule has 0 unspecified atom stereocenters. The molecule has 1 aromatic rings. The molecule has 5 nitrogen and oxygen atoms in total. The van der Waals surface area contributed by atoms with Crippen molar-refractivity contribution in [3.63, 3.8) is 0 Å². The Balaban J connectivity index is 2.21. The SMILES string of the molecule is CCCC[C@@H]1CN(C(=O)c2cc(F)ccc2OCCN)C[C@H](C(C)C)O1. The van der Waals surface area contributed by atoms with Crippen LogP contribution in [0.15, 0.2) is 18.2 Å². The van der Waals surface area contributed by atoms with E-state index < -0.39 is 5.82 Å². The monoisotopic (exact) mass is 366 g/mol. The van der Waals surface area contributed by atoms with Crippen LogP contribution in [0.3, 0.4) is 0 Å². The molecule has 2 atom stereocenters. The number of benzene rings is 1. The average Bonchev–Trinajstić information content (AvgIpc) is 2.64. The van der Waals surface area contributed by atoms with Crippen molar-refractivity contribution in [2.24, 2.45) is 11.7 Å². The van der Waals surface area contributed by atoms with E-state index in [0.29, 0.717) is 31.3 Å². The zero-order chi connectivity index (χ0) is 19.1. The van der Waals surface area contributed by atoms with Gasteiger partial charge in [0.05, 0.1) is 17.8 Å². The second-order valence-electron chi connectivity index (χ2n) is 7.17. The number of carbonyl (C=O) groups excluding carboxylic acids is 1. The van der Waals surface area contributed by atoms with E-state index in [1.54, 1.807) is 4.90 Å². The molecule has 0 saturated carbocycles. The molecule has 0 aliphatic carbocycles. The van der Waals surface area contributed by atoms with Crippen molar-refractivity contribution in [1.82, 2.24) is 4.90 Å². The quantitative estimate of drug-likeness (QED) is 0.767. The molecule has 2 N–H and O–H groups in total. The van der Waals surface area contributed by atoms with Crippen LogP contribution in [-0.2, 0) is 4.74 Å². The van der Waals surface area contributed by atoms with Gasteiger partial charge in [0.15, 0.2) is 0 Å². The van der Waals surface area contributed by atoms with Gasteiger partial charge in [-0.1, -0.05) is 33.6 Å². The van der Waals surface area contributed by atoms with E-state index in [0.717, 1.165) is 19.3 Å². The molecular weight excluding hydrogens is 335 g/mol. The molecular formula is C20H31FN2O3. The second kappa shape index (κ2) is 9.88. The largest absolute Gasteiger partial charge is 0.491 e. The molecule has 1 amide bonds. The van der Waals surface area contributed by atoms with Gasteiger partial charge in [0.1, 0.15) is 18.2 Å². The van der Waals surface area contributed by atoms with Crippen LogP contribution in [0.1, 0.15) is 50.4 Å². The van der Waals surface area contributed by atoms with Crippen molar-refractivity contribution in [3.05, 3.63) is 29.6 Å². The number of hydrogen-bond acceptors (Lipinski definition) is 4. The Hall–Kier alpha value is -1.66. The van der Waals surface area contributed by atoms with Crippen LogP contribution < -0.4 is 10.5 Å². The third-order valence-corrected chi connectivity index (χ3v) is 4.65. The smallest absolute Gasteiger partial charge is 0.257 e. The van der Waals surface area contributed by atoms with E-state index in [-0.39, 0.29) is 30.3 Å². The zero-order valence-electron chi connectivity index (χ0n) is 16.0. The van der Waals surface area contributed by atoms with Crippen molar-refractivity contribution >= 4 is 5.91 Å². The second-order valence-corrected chi connectivity index (χ2v) is 7.17. The summed E-state index contributed by atoms with van der Waals surface area (Å²) in [5, 5.41) is 0. The Kier molecular flexibility index (Phi) is 7.85. The van der Waals surface area contributed by atoms with Gasteiger partial charge in [-0.25, -0.2) is 4.39 Å². The molecule has 2 rings (SSSR count). The Labute approximate surface area is 155 Å². The van der Waals surface area contributed by atoms with Crippen molar-refractivity contribution in [2.75, 3.05) is 26.2 Å². The first-order valence-corrected chi connectivity index (χ1v) is 9.53. The molecule has 0 spiro atoms. The summed E-state index contributed by atoms with van der Waals surface area (Å²) in [5.41, 5.74) is 5.73. The number of morpholine rings is 1. The summed E-state index contributed by atoms with van der Waals surface area (Å²) in [4.78, 5) is 14.9. The number of amides is 1. The average molecular weight is 366 g/mol. The van der Waals surface area contributed by atoms with Crippen LogP contribution in [0, 0.1) is 11.7 Å². The Morgan fingerprint density at radius 3 is 2.85 bits per heavy atom. The molecule has 6 heteroatoms. The first kappa shape index (κ1) is 20.6. The van der Waals surface area contributed by atoms with Gasteiger partial charge >= 0.3 is 0 Å². The lowest BCUT2D eigenvalue weighted by Crippen LogP contribution is -2.51. The van der Waals surface area contributed by atoms with Gasteiger partial charge in [-0.2, -0.15) is 0 Å². The number of nitrogens with two attached hydrogens (primary N) is 1. The Morgan fingerprint density at radius 2 is 2.19 bits per heavy atom. The summed E-state index contributed by atoms with van der Waals surface area (Å²) in [7, 11) is 0. The van der Waals surface area contributed by atoms with E-state index >= 15 is 0 Å². The van der Waals surface area contributed by atoms with Crippen LogP contribution >= 0.6 is 0 Å². The highest BCUT2D eigenvalue weighted by atomic mass is 19.1. The van der Waals surface area contributed by atoms with Gasteiger partial charge in [0, 0.05) is 19.6 Å². The fraction of sp³-hybridized carbons (Fsp3) is 0.650. The van der Waals surface area contributed by atoms with E-state index in [2.05, 4.69) is 20.8 Å². The highest BCUT2D eigenvalue weighted by Crippen LogP contribution is 2.26. The van der Waals surface area contributed by atoms with Gasteiger partial charge in [0.2, 0.25) is 0 Å². The summed E-state index contributed by atoms with van der Waals surface area (Å²) in [6.07, 6.45) is 3.06. The summed E-state index contributed by atoms with van der Waals surface area (Å²) in [6.45, 7) is 7.96. The van der Waals surface area contributed by atoms with E-state index in [1.165, 1.54) is 18.2 Å².